The van der Waals surface area contributed by atoms with Crippen LogP contribution in [0.5, 0.6) is 5.88 Å². The summed E-state index contributed by atoms with van der Waals surface area (Å²) in [6.45, 7) is 3.68. The van der Waals surface area contributed by atoms with E-state index < -0.39 is 0 Å². The van der Waals surface area contributed by atoms with E-state index in [1.165, 1.54) is 4.68 Å². The van der Waals surface area contributed by atoms with Gasteiger partial charge in [-0.05, 0) is 43.2 Å². The standard InChI is InChI=1S/C17H15N5O/c1-10-7-15(20-9-14(10)19)22-17(23)16(11(2)21-22)13-5-3-12(8-18)4-6-13/h3-7,9,23H,19H2,1-2H3. The van der Waals surface area contributed by atoms with Crippen molar-refractivity contribution in [3.05, 3.63) is 53.3 Å². The molecule has 0 fully saturated rings. The van der Waals surface area contributed by atoms with E-state index in [9.17, 15) is 5.11 Å². The van der Waals surface area contributed by atoms with Crippen LogP contribution < -0.4 is 5.73 Å². The molecule has 0 unspecified atom stereocenters. The van der Waals surface area contributed by atoms with Crippen LogP contribution in [0.2, 0.25) is 0 Å². The monoisotopic (exact) mass is 305 g/mol. The number of aromatic nitrogens is 3. The van der Waals surface area contributed by atoms with Gasteiger partial charge in [-0.15, -0.1) is 0 Å². The summed E-state index contributed by atoms with van der Waals surface area (Å²) in [4.78, 5) is 4.22. The Morgan fingerprint density at radius 2 is 1.91 bits per heavy atom. The third-order valence-electron chi connectivity index (χ3n) is 3.69. The predicted molar refractivity (Wildman–Crippen MR) is 87.1 cm³/mol. The van der Waals surface area contributed by atoms with Crippen LogP contribution in [-0.4, -0.2) is 19.9 Å². The molecule has 2 aromatic heterocycles. The van der Waals surface area contributed by atoms with Crippen LogP contribution >= 0.6 is 0 Å². The molecule has 0 aliphatic heterocycles. The average Bonchev–Trinajstić information content (AvgIpc) is 2.85. The summed E-state index contributed by atoms with van der Waals surface area (Å²) < 4.78 is 1.38. The third kappa shape index (κ3) is 2.49. The molecule has 0 bridgehead atoms. The minimum absolute atomic E-state index is 0.00359. The van der Waals surface area contributed by atoms with E-state index in [0.29, 0.717) is 28.3 Å². The molecule has 0 aliphatic carbocycles. The molecule has 2 heterocycles. The number of pyridine rings is 1. The largest absolute Gasteiger partial charge is 0.493 e. The molecule has 3 rings (SSSR count). The van der Waals surface area contributed by atoms with Crippen LogP contribution in [0.25, 0.3) is 16.9 Å². The Bertz CT molecular complexity index is 919. The summed E-state index contributed by atoms with van der Waals surface area (Å²) in [5, 5.41) is 23.8. The molecule has 3 aromatic rings. The first-order valence-corrected chi connectivity index (χ1v) is 7.03. The lowest BCUT2D eigenvalue weighted by Gasteiger charge is -2.06. The second-order valence-corrected chi connectivity index (χ2v) is 5.28. The van der Waals surface area contributed by atoms with Crippen molar-refractivity contribution in [1.82, 2.24) is 14.8 Å². The molecule has 114 valence electrons. The van der Waals surface area contributed by atoms with Crippen molar-refractivity contribution >= 4 is 5.69 Å². The van der Waals surface area contributed by atoms with Gasteiger partial charge in [0.05, 0.1) is 34.8 Å². The Balaban J connectivity index is 2.12. The van der Waals surface area contributed by atoms with E-state index >= 15 is 0 Å². The van der Waals surface area contributed by atoms with E-state index in [0.717, 1.165) is 11.1 Å². The number of benzene rings is 1. The molecule has 0 amide bonds. The normalized spacial score (nSPS) is 10.5. The van der Waals surface area contributed by atoms with Crippen LogP contribution in [-0.2, 0) is 0 Å². The summed E-state index contributed by atoms with van der Waals surface area (Å²) >= 11 is 0. The van der Waals surface area contributed by atoms with Gasteiger partial charge >= 0.3 is 0 Å². The van der Waals surface area contributed by atoms with E-state index in [1.54, 1.807) is 36.5 Å². The molecule has 6 nitrogen and oxygen atoms in total. The molecular formula is C17H15N5O. The highest BCUT2D eigenvalue weighted by Crippen LogP contribution is 2.34. The number of nitrogen functional groups attached to an aromatic ring is 1. The van der Waals surface area contributed by atoms with Crippen molar-refractivity contribution in [3.63, 3.8) is 0 Å². The number of nitriles is 1. The number of hydrogen-bond acceptors (Lipinski definition) is 5. The van der Waals surface area contributed by atoms with Gasteiger partial charge in [0, 0.05) is 0 Å². The maximum Gasteiger partial charge on any atom is 0.223 e. The molecule has 1 aromatic carbocycles. The van der Waals surface area contributed by atoms with Crippen molar-refractivity contribution < 1.29 is 5.11 Å². The van der Waals surface area contributed by atoms with Crippen molar-refractivity contribution in [1.29, 1.82) is 5.26 Å². The first-order chi connectivity index (χ1) is 11.0. The van der Waals surface area contributed by atoms with Crippen molar-refractivity contribution in [2.75, 3.05) is 5.73 Å². The zero-order chi connectivity index (χ0) is 16.6. The smallest absolute Gasteiger partial charge is 0.223 e. The fraction of sp³-hybridized carbons (Fsp3) is 0.118. The Labute approximate surface area is 133 Å². The van der Waals surface area contributed by atoms with E-state index in [2.05, 4.69) is 16.2 Å². The van der Waals surface area contributed by atoms with Gasteiger partial charge in [0.15, 0.2) is 5.82 Å². The van der Waals surface area contributed by atoms with Gasteiger partial charge in [-0.1, -0.05) is 12.1 Å². The van der Waals surface area contributed by atoms with Crippen LogP contribution in [0.1, 0.15) is 16.8 Å². The van der Waals surface area contributed by atoms with Gasteiger partial charge in [0.1, 0.15) is 0 Å². The van der Waals surface area contributed by atoms with Gasteiger partial charge in [-0.25, -0.2) is 4.98 Å². The quantitative estimate of drug-likeness (QED) is 0.758. The molecular weight excluding hydrogens is 290 g/mol. The SMILES string of the molecule is Cc1cc(-n2nc(C)c(-c3ccc(C#N)cc3)c2O)ncc1N. The number of aromatic hydroxyl groups is 1. The molecule has 0 atom stereocenters. The molecule has 3 N–H and O–H groups in total. The number of rotatable bonds is 2. The highest BCUT2D eigenvalue weighted by Gasteiger charge is 2.18. The topological polar surface area (TPSA) is 101 Å². The lowest BCUT2D eigenvalue weighted by molar-refractivity contribution is 0.433. The lowest BCUT2D eigenvalue weighted by atomic mass is 10.0. The zero-order valence-electron chi connectivity index (χ0n) is 12.8. The highest BCUT2D eigenvalue weighted by molar-refractivity contribution is 5.72. The number of aryl methyl sites for hydroxylation is 2. The molecule has 0 saturated heterocycles. The lowest BCUT2D eigenvalue weighted by Crippen LogP contribution is -2.01. The summed E-state index contributed by atoms with van der Waals surface area (Å²) in [6, 6.07) is 10.8. The number of hydrogen-bond donors (Lipinski definition) is 2. The van der Waals surface area contributed by atoms with Crippen molar-refractivity contribution in [2.24, 2.45) is 0 Å². The van der Waals surface area contributed by atoms with Crippen molar-refractivity contribution in [3.8, 4) is 28.9 Å². The third-order valence-corrected chi connectivity index (χ3v) is 3.69. The highest BCUT2D eigenvalue weighted by atomic mass is 16.3. The Hall–Kier alpha value is -3.33. The predicted octanol–water partition coefficient (Wildman–Crippen LogP) is 2.71. The van der Waals surface area contributed by atoms with E-state index in [4.69, 9.17) is 11.0 Å². The fourth-order valence-electron chi connectivity index (χ4n) is 2.39. The molecule has 0 radical (unpaired) electrons. The van der Waals surface area contributed by atoms with Gasteiger partial charge in [0.25, 0.3) is 0 Å². The first kappa shape index (κ1) is 14.6. The van der Waals surface area contributed by atoms with E-state index in [-0.39, 0.29) is 5.88 Å². The maximum atomic E-state index is 10.6. The van der Waals surface area contributed by atoms with Crippen LogP contribution in [0.3, 0.4) is 0 Å². The first-order valence-electron chi connectivity index (χ1n) is 7.03. The number of nitrogens with zero attached hydrogens (tertiary/aromatic N) is 4. The molecule has 6 heteroatoms. The number of anilines is 1. The van der Waals surface area contributed by atoms with Crippen LogP contribution in [0.15, 0.2) is 36.5 Å². The Morgan fingerprint density at radius 1 is 1.22 bits per heavy atom. The number of nitrogens with two attached hydrogens (primary N) is 1. The van der Waals surface area contributed by atoms with Gasteiger partial charge < -0.3 is 10.8 Å². The minimum Gasteiger partial charge on any atom is -0.493 e. The second-order valence-electron chi connectivity index (χ2n) is 5.28. The Morgan fingerprint density at radius 3 is 2.52 bits per heavy atom. The second kappa shape index (κ2) is 5.46. The van der Waals surface area contributed by atoms with Crippen LogP contribution in [0.4, 0.5) is 5.69 Å². The van der Waals surface area contributed by atoms with E-state index in [1.807, 2.05) is 13.8 Å². The average molecular weight is 305 g/mol. The molecule has 0 saturated carbocycles. The molecule has 0 aliphatic rings. The fourth-order valence-corrected chi connectivity index (χ4v) is 2.39. The summed E-state index contributed by atoms with van der Waals surface area (Å²) in [6.07, 6.45) is 1.54. The minimum atomic E-state index is 0.00359. The molecule has 0 spiro atoms. The Kier molecular flexibility index (Phi) is 3.47. The molecule has 23 heavy (non-hydrogen) atoms. The van der Waals surface area contributed by atoms with Crippen LogP contribution in [0, 0.1) is 25.2 Å². The zero-order valence-corrected chi connectivity index (χ0v) is 12.8. The van der Waals surface area contributed by atoms with Gasteiger partial charge in [-0.2, -0.15) is 15.0 Å². The maximum absolute atomic E-state index is 10.6. The van der Waals surface area contributed by atoms with Gasteiger partial charge in [-0.3, -0.25) is 0 Å². The summed E-state index contributed by atoms with van der Waals surface area (Å²) in [5.41, 5.74) is 9.87. The van der Waals surface area contributed by atoms with Crippen molar-refractivity contribution in [2.45, 2.75) is 13.8 Å². The summed E-state index contributed by atoms with van der Waals surface area (Å²) in [5.74, 6) is 0.501. The summed E-state index contributed by atoms with van der Waals surface area (Å²) in [7, 11) is 0. The van der Waals surface area contributed by atoms with Gasteiger partial charge in [0.2, 0.25) is 5.88 Å².